The number of rotatable bonds is 9. The Labute approximate surface area is 246 Å². The first kappa shape index (κ1) is 28.5. The van der Waals surface area contributed by atoms with Gasteiger partial charge in [0, 0.05) is 31.0 Å². The zero-order chi connectivity index (χ0) is 29.8. The fourth-order valence-electron chi connectivity index (χ4n) is 5.09. The average Bonchev–Trinajstić information content (AvgIpc) is 3.27. The summed E-state index contributed by atoms with van der Waals surface area (Å²) in [6.45, 7) is 4.70. The topological polar surface area (TPSA) is 79.3 Å². The smallest absolute Gasteiger partial charge is 0.300 e. The van der Waals surface area contributed by atoms with Crippen molar-refractivity contribution in [3.05, 3.63) is 125 Å². The summed E-state index contributed by atoms with van der Waals surface area (Å²) >= 11 is 0. The third-order valence-corrected chi connectivity index (χ3v) is 7.28. The van der Waals surface area contributed by atoms with E-state index in [1.165, 1.54) is 4.90 Å². The molecule has 1 aliphatic heterocycles. The van der Waals surface area contributed by atoms with E-state index in [0.717, 1.165) is 16.8 Å². The first-order valence-corrected chi connectivity index (χ1v) is 13.9. The van der Waals surface area contributed by atoms with Crippen LogP contribution < -0.4 is 19.3 Å². The molecule has 1 amide bonds. The minimum atomic E-state index is -0.825. The number of amides is 1. The molecule has 7 heteroatoms. The number of aliphatic hydroxyl groups excluding tert-OH is 1. The van der Waals surface area contributed by atoms with Crippen LogP contribution in [0, 0.1) is 6.92 Å². The Morgan fingerprint density at radius 2 is 1.57 bits per heavy atom. The summed E-state index contributed by atoms with van der Waals surface area (Å²) in [5.74, 6) is -0.357. The molecule has 1 fully saturated rings. The number of benzene rings is 4. The van der Waals surface area contributed by atoms with Crippen LogP contribution in [0.3, 0.4) is 0 Å². The number of hydrogen-bond donors (Lipinski definition) is 1. The van der Waals surface area contributed by atoms with E-state index < -0.39 is 17.7 Å². The molecule has 1 N–H and O–H groups in total. The Balaban J connectivity index is 1.55. The minimum absolute atomic E-state index is 0.0313. The van der Waals surface area contributed by atoms with Crippen LogP contribution in [-0.2, 0) is 16.2 Å². The molecule has 0 bridgehead atoms. The van der Waals surface area contributed by atoms with Crippen molar-refractivity contribution < 1.29 is 24.2 Å². The number of anilines is 2. The lowest BCUT2D eigenvalue weighted by molar-refractivity contribution is -0.132. The van der Waals surface area contributed by atoms with Gasteiger partial charge in [0.2, 0.25) is 0 Å². The van der Waals surface area contributed by atoms with Crippen LogP contribution in [0.15, 0.2) is 103 Å². The summed E-state index contributed by atoms with van der Waals surface area (Å²) in [6.07, 6.45) is 0. The van der Waals surface area contributed by atoms with Gasteiger partial charge in [0.1, 0.15) is 23.9 Å². The molecule has 0 aliphatic carbocycles. The van der Waals surface area contributed by atoms with Gasteiger partial charge in [-0.1, -0.05) is 42.5 Å². The third-order valence-electron chi connectivity index (χ3n) is 7.28. The molecule has 7 nitrogen and oxygen atoms in total. The summed E-state index contributed by atoms with van der Waals surface area (Å²) in [5, 5.41) is 11.6. The minimum Gasteiger partial charge on any atom is -0.507 e. The molecule has 1 unspecified atom stereocenters. The molecule has 0 saturated carbocycles. The van der Waals surface area contributed by atoms with Crippen molar-refractivity contribution >= 4 is 28.8 Å². The molecule has 4 aromatic rings. The van der Waals surface area contributed by atoms with Gasteiger partial charge in [-0.15, -0.1) is 0 Å². The molecular weight excluding hydrogens is 528 g/mol. The van der Waals surface area contributed by atoms with Crippen LogP contribution in [0.1, 0.15) is 35.2 Å². The van der Waals surface area contributed by atoms with E-state index in [0.29, 0.717) is 41.5 Å². The van der Waals surface area contributed by atoms with Crippen LogP contribution in [0.4, 0.5) is 11.4 Å². The van der Waals surface area contributed by atoms with Crippen molar-refractivity contribution in [1.82, 2.24) is 0 Å². The van der Waals surface area contributed by atoms with E-state index in [9.17, 15) is 14.7 Å². The second-order valence-electron chi connectivity index (χ2n) is 10.3. The second kappa shape index (κ2) is 12.2. The highest BCUT2D eigenvalue weighted by Crippen LogP contribution is 2.43. The number of aliphatic hydroxyl groups is 1. The second-order valence-corrected chi connectivity index (χ2v) is 10.3. The SMILES string of the molecule is CCOc1ccc(N2C(=O)C(=O)/C(=C(\O)c3ccc(OCc4ccccc4)c(C)c3)C2c2ccc(N(C)C)cc2)cc1. The molecule has 5 rings (SSSR count). The van der Waals surface area contributed by atoms with E-state index in [2.05, 4.69) is 0 Å². The molecule has 1 aliphatic rings. The molecule has 42 heavy (non-hydrogen) atoms. The van der Waals surface area contributed by atoms with Crippen LogP contribution in [-0.4, -0.2) is 37.5 Å². The maximum atomic E-state index is 13.6. The summed E-state index contributed by atoms with van der Waals surface area (Å²) in [6, 6.07) is 28.9. The summed E-state index contributed by atoms with van der Waals surface area (Å²) in [4.78, 5) is 30.5. The Kier molecular flexibility index (Phi) is 8.29. The highest BCUT2D eigenvalue weighted by molar-refractivity contribution is 6.51. The van der Waals surface area contributed by atoms with Gasteiger partial charge in [-0.2, -0.15) is 0 Å². The van der Waals surface area contributed by atoms with Crippen molar-refractivity contribution in [2.45, 2.75) is 26.5 Å². The Morgan fingerprint density at radius 3 is 2.19 bits per heavy atom. The van der Waals surface area contributed by atoms with Crippen LogP contribution in [0.2, 0.25) is 0 Å². The molecule has 1 saturated heterocycles. The lowest BCUT2D eigenvalue weighted by Crippen LogP contribution is -2.29. The largest absolute Gasteiger partial charge is 0.507 e. The molecule has 214 valence electrons. The Hall–Kier alpha value is -5.04. The first-order chi connectivity index (χ1) is 20.3. The van der Waals surface area contributed by atoms with E-state index >= 15 is 0 Å². The number of carbonyl (C=O) groups excluding carboxylic acids is 2. The van der Waals surface area contributed by atoms with E-state index in [1.807, 2.05) is 87.4 Å². The average molecular weight is 563 g/mol. The summed E-state index contributed by atoms with van der Waals surface area (Å²) in [7, 11) is 3.88. The zero-order valence-corrected chi connectivity index (χ0v) is 24.2. The summed E-state index contributed by atoms with van der Waals surface area (Å²) < 4.78 is 11.6. The fraction of sp³-hybridized carbons (Fsp3) is 0.200. The van der Waals surface area contributed by atoms with E-state index in [-0.39, 0.29) is 11.3 Å². The van der Waals surface area contributed by atoms with Gasteiger partial charge in [-0.05, 0) is 85.1 Å². The lowest BCUT2D eigenvalue weighted by Gasteiger charge is -2.26. The number of ether oxygens (including phenoxy) is 2. The van der Waals surface area contributed by atoms with Crippen molar-refractivity contribution in [2.75, 3.05) is 30.5 Å². The highest BCUT2D eigenvalue weighted by atomic mass is 16.5. The normalized spacial score (nSPS) is 16.0. The van der Waals surface area contributed by atoms with Crippen molar-refractivity contribution in [3.63, 3.8) is 0 Å². The highest BCUT2D eigenvalue weighted by Gasteiger charge is 2.47. The van der Waals surface area contributed by atoms with E-state index in [4.69, 9.17) is 9.47 Å². The van der Waals surface area contributed by atoms with E-state index in [1.54, 1.807) is 42.5 Å². The molecule has 1 heterocycles. The predicted molar refractivity (Wildman–Crippen MR) is 165 cm³/mol. The molecule has 0 radical (unpaired) electrons. The number of ketones is 1. The van der Waals surface area contributed by atoms with Crippen molar-refractivity contribution in [3.8, 4) is 11.5 Å². The van der Waals surface area contributed by atoms with Crippen molar-refractivity contribution in [1.29, 1.82) is 0 Å². The molecular formula is C35H34N2O5. The number of hydrogen-bond acceptors (Lipinski definition) is 6. The molecule has 4 aromatic carbocycles. The van der Waals surface area contributed by atoms with Crippen LogP contribution >= 0.6 is 0 Å². The van der Waals surface area contributed by atoms with Crippen LogP contribution in [0.5, 0.6) is 11.5 Å². The predicted octanol–water partition coefficient (Wildman–Crippen LogP) is 6.67. The number of carbonyl (C=O) groups is 2. The Morgan fingerprint density at radius 1 is 0.881 bits per heavy atom. The fourth-order valence-corrected chi connectivity index (χ4v) is 5.09. The van der Waals surface area contributed by atoms with Gasteiger partial charge >= 0.3 is 0 Å². The molecule has 0 aromatic heterocycles. The number of Topliss-reactive ketones (excluding diaryl/α,β-unsaturated/α-hetero) is 1. The standard InChI is InChI=1S/C35H34N2O5/c1-5-41-29-18-16-28(17-19-29)37-32(25-11-14-27(15-12-25)36(3)4)31(34(39)35(37)40)33(38)26-13-20-30(23(2)21-26)42-22-24-9-7-6-8-10-24/h6-21,32,38H,5,22H2,1-4H3/b33-31-. The monoisotopic (exact) mass is 562 g/mol. The maximum Gasteiger partial charge on any atom is 0.300 e. The first-order valence-electron chi connectivity index (χ1n) is 13.9. The van der Waals surface area contributed by atoms with Gasteiger partial charge in [-0.3, -0.25) is 14.5 Å². The third kappa shape index (κ3) is 5.72. The van der Waals surface area contributed by atoms with Gasteiger partial charge in [-0.25, -0.2) is 0 Å². The molecule has 1 atom stereocenters. The zero-order valence-electron chi connectivity index (χ0n) is 24.2. The van der Waals surface area contributed by atoms with Crippen LogP contribution in [0.25, 0.3) is 5.76 Å². The Bertz CT molecular complexity index is 1610. The quantitative estimate of drug-likeness (QED) is 0.140. The van der Waals surface area contributed by atoms with Gasteiger partial charge in [0.25, 0.3) is 11.7 Å². The van der Waals surface area contributed by atoms with Gasteiger partial charge in [0.15, 0.2) is 0 Å². The van der Waals surface area contributed by atoms with Gasteiger partial charge < -0.3 is 19.5 Å². The van der Waals surface area contributed by atoms with Gasteiger partial charge in [0.05, 0.1) is 18.2 Å². The summed E-state index contributed by atoms with van der Waals surface area (Å²) in [5.41, 5.74) is 4.50. The van der Waals surface area contributed by atoms with Crippen molar-refractivity contribution in [2.24, 2.45) is 0 Å². The lowest BCUT2D eigenvalue weighted by atomic mass is 9.94. The maximum absolute atomic E-state index is 13.6. The number of nitrogens with zero attached hydrogens (tertiary/aromatic N) is 2. The molecule has 0 spiro atoms. The number of aryl methyl sites for hydroxylation is 1.